The van der Waals surface area contributed by atoms with Crippen LogP contribution in [0, 0.1) is 35.9 Å². The zero-order valence-electron chi connectivity index (χ0n) is 26.4. The normalized spacial score (nSPS) is 23.9. The average Bonchev–Trinajstić information content (AvgIpc) is 3.87. The number of H-pyrrole nitrogens is 1. The van der Waals surface area contributed by atoms with Crippen LogP contribution in [0.5, 0.6) is 0 Å². The van der Waals surface area contributed by atoms with E-state index in [4.69, 9.17) is 32.9 Å². The number of aromatic nitrogens is 2. The zero-order chi connectivity index (χ0) is 33.5. The first-order chi connectivity index (χ1) is 23.3. The summed E-state index contributed by atoms with van der Waals surface area (Å²) in [6.45, 7) is 5.03. The van der Waals surface area contributed by atoms with Gasteiger partial charge >= 0.3 is 6.09 Å². The molecule has 5 fully saturated rings. The molecule has 252 valence electrons. The van der Waals surface area contributed by atoms with Crippen LogP contribution in [-0.2, 0) is 11.2 Å². The third kappa shape index (κ3) is 6.37. The Morgan fingerprint density at radius 2 is 2.04 bits per heavy atom. The molecule has 4 aromatic rings. The SMILES string of the molecule is C1NC2CC1C2.Cc1nc2c(F)c(-c3cccc(Cl)c3Cl)c(CCC#N)cc2c2[nH]c(C3C4CNCC(C4)N3C(=O)OCCSI)cc12. The molecule has 3 N–H and O–H groups in total. The van der Waals surface area contributed by atoms with Gasteiger partial charge in [0.1, 0.15) is 12.1 Å². The number of halogens is 4. The van der Waals surface area contributed by atoms with Gasteiger partial charge in [0.05, 0.1) is 27.7 Å². The predicted octanol–water partition coefficient (Wildman–Crippen LogP) is 8.52. The Labute approximate surface area is 305 Å². The van der Waals surface area contributed by atoms with E-state index in [0.717, 1.165) is 53.8 Å². The minimum atomic E-state index is -0.509. The minimum absolute atomic E-state index is 0.0379. The summed E-state index contributed by atoms with van der Waals surface area (Å²) < 4.78 is 22.2. The summed E-state index contributed by atoms with van der Waals surface area (Å²) in [5, 5.41) is 18.3. The maximum Gasteiger partial charge on any atom is 0.410 e. The third-order valence-electron chi connectivity index (χ3n) is 10.2. The highest BCUT2D eigenvalue weighted by molar-refractivity contribution is 14.2. The number of likely N-dealkylation sites (tertiary alicyclic amines) is 1. The number of amides is 1. The molecular weight excluding hydrogens is 785 g/mol. The lowest BCUT2D eigenvalue weighted by Gasteiger charge is -2.28. The first-order valence-electron chi connectivity index (χ1n) is 16.4. The van der Waals surface area contributed by atoms with Gasteiger partial charge in [0.25, 0.3) is 0 Å². The second-order valence-electron chi connectivity index (χ2n) is 13.1. The van der Waals surface area contributed by atoms with Crippen LogP contribution in [0.15, 0.2) is 30.3 Å². The third-order valence-corrected chi connectivity index (χ3v) is 12.6. The standard InChI is InChI=1S/C30H27Cl2FIN5O2S.C5H9N/c1-15-20-12-23(29-17-10-18(14-36-13-17)39(29)30(40)41-8-9-42-34)38-27(20)21-11-16(4-3-7-35)24(26(33)28(21)37-15)19-5-2-6-22(31)25(19)32;1-4-2-5(1)6-3-4/h2,5-6,11-12,17-18,29,36,38H,3-4,8-10,13-14H2,1H3;4-6H,1-3H2. The number of ether oxygens (including phenoxy) is 1. The van der Waals surface area contributed by atoms with Gasteiger partial charge in [-0.15, -0.1) is 0 Å². The molecule has 9 rings (SSSR count). The molecule has 0 spiro atoms. The molecule has 3 atom stereocenters. The largest absolute Gasteiger partial charge is 0.448 e. The quantitative estimate of drug-likeness (QED) is 0.127. The lowest BCUT2D eigenvalue weighted by atomic mass is 9.87. The molecule has 1 aliphatic carbocycles. The van der Waals surface area contributed by atoms with Crippen molar-refractivity contribution in [2.75, 3.05) is 32.0 Å². The number of aromatic amines is 1. The number of nitriles is 1. The van der Waals surface area contributed by atoms with Crippen molar-refractivity contribution >= 4 is 81.2 Å². The molecule has 4 aliphatic heterocycles. The van der Waals surface area contributed by atoms with Crippen molar-refractivity contribution in [3.05, 3.63) is 63.1 Å². The number of aryl methyl sites for hydroxylation is 2. The number of carbonyl (C=O) groups is 1. The molecule has 48 heavy (non-hydrogen) atoms. The Hall–Kier alpha value is -2.34. The van der Waals surface area contributed by atoms with Gasteiger partial charge in [0, 0.05) is 70.6 Å². The number of benzene rings is 2. The smallest absolute Gasteiger partial charge is 0.410 e. The molecule has 0 radical (unpaired) electrons. The lowest BCUT2D eigenvalue weighted by Crippen LogP contribution is -2.42. The lowest BCUT2D eigenvalue weighted by molar-refractivity contribution is 0.0883. The van der Waals surface area contributed by atoms with E-state index in [1.807, 2.05) is 24.0 Å². The molecule has 6 heterocycles. The Bertz CT molecular complexity index is 1900. The summed E-state index contributed by atoms with van der Waals surface area (Å²) in [4.78, 5) is 23.5. The molecule has 2 aromatic heterocycles. The van der Waals surface area contributed by atoms with Gasteiger partial charge in [-0.1, -0.05) is 44.3 Å². The Morgan fingerprint density at radius 1 is 1.21 bits per heavy atom. The Kier molecular flexibility index (Phi) is 10.3. The van der Waals surface area contributed by atoms with Crippen molar-refractivity contribution in [1.29, 1.82) is 5.26 Å². The fourth-order valence-corrected chi connectivity index (χ4v) is 8.97. The van der Waals surface area contributed by atoms with Crippen LogP contribution >= 0.6 is 53.3 Å². The second-order valence-corrected chi connectivity index (χ2v) is 16.4. The van der Waals surface area contributed by atoms with Crippen molar-refractivity contribution in [2.45, 2.75) is 57.2 Å². The van der Waals surface area contributed by atoms with E-state index < -0.39 is 5.82 Å². The highest BCUT2D eigenvalue weighted by Gasteiger charge is 2.48. The maximum atomic E-state index is 16.5. The van der Waals surface area contributed by atoms with Crippen LogP contribution in [0.4, 0.5) is 9.18 Å². The van der Waals surface area contributed by atoms with Crippen molar-refractivity contribution in [2.24, 2.45) is 11.8 Å². The van der Waals surface area contributed by atoms with Crippen molar-refractivity contribution in [1.82, 2.24) is 25.5 Å². The van der Waals surface area contributed by atoms with E-state index in [9.17, 15) is 10.1 Å². The Balaban J connectivity index is 0.000000540. The molecule has 2 aromatic carbocycles. The van der Waals surface area contributed by atoms with E-state index in [-0.39, 0.29) is 41.1 Å². The number of hydrogen-bond acceptors (Lipinski definition) is 7. The van der Waals surface area contributed by atoms with Crippen molar-refractivity contribution < 1.29 is 13.9 Å². The summed E-state index contributed by atoms with van der Waals surface area (Å²) in [5.41, 5.74) is 3.91. The van der Waals surface area contributed by atoms with Crippen LogP contribution < -0.4 is 10.6 Å². The van der Waals surface area contributed by atoms with Crippen molar-refractivity contribution in [3.63, 3.8) is 0 Å². The molecule has 1 saturated carbocycles. The van der Waals surface area contributed by atoms with Crippen LogP contribution in [0.3, 0.4) is 0 Å². The van der Waals surface area contributed by atoms with Crippen LogP contribution in [-0.4, -0.2) is 65.0 Å². The number of rotatable bonds is 7. The summed E-state index contributed by atoms with van der Waals surface area (Å²) in [6.07, 6.45) is 4.06. The highest BCUT2D eigenvalue weighted by atomic mass is 127. The van der Waals surface area contributed by atoms with Gasteiger partial charge in [0.15, 0.2) is 5.82 Å². The number of nitrogens with zero attached hydrogens (tertiary/aromatic N) is 3. The van der Waals surface area contributed by atoms with Gasteiger partial charge in [-0.25, -0.2) is 14.2 Å². The van der Waals surface area contributed by atoms with Gasteiger partial charge in [-0.3, -0.25) is 4.90 Å². The van der Waals surface area contributed by atoms with E-state index in [2.05, 4.69) is 42.9 Å². The molecule has 13 heteroatoms. The van der Waals surface area contributed by atoms with Gasteiger partial charge < -0.3 is 20.4 Å². The molecular formula is C35H36Cl2FIN6O2S. The van der Waals surface area contributed by atoms with Crippen molar-refractivity contribution in [3.8, 4) is 17.2 Å². The molecule has 4 saturated heterocycles. The number of fused-ring (bicyclic) bond motifs is 6. The number of carbonyl (C=O) groups excluding carboxylic acids is 1. The zero-order valence-corrected chi connectivity index (χ0v) is 30.9. The summed E-state index contributed by atoms with van der Waals surface area (Å²) in [5.74, 6) is 1.50. The first-order valence-corrected chi connectivity index (χ1v) is 20.7. The highest BCUT2D eigenvalue weighted by Crippen LogP contribution is 2.45. The molecule has 8 nitrogen and oxygen atoms in total. The van der Waals surface area contributed by atoms with Crippen LogP contribution in [0.1, 0.15) is 48.7 Å². The average molecular weight is 822 g/mol. The molecule has 3 unspecified atom stereocenters. The monoisotopic (exact) mass is 820 g/mol. The summed E-state index contributed by atoms with van der Waals surface area (Å²) in [7, 11) is 1.60. The fourth-order valence-electron chi connectivity index (χ4n) is 7.89. The summed E-state index contributed by atoms with van der Waals surface area (Å²) in [6, 6.07) is 12.0. The molecule has 4 bridgehead atoms. The minimum Gasteiger partial charge on any atom is -0.448 e. The number of hydrogen-bond donors (Lipinski definition) is 3. The van der Waals surface area contributed by atoms with Crippen LogP contribution in [0.2, 0.25) is 10.0 Å². The van der Waals surface area contributed by atoms with E-state index in [1.165, 1.54) is 19.4 Å². The fraction of sp³-hybridized carbons (Fsp3) is 0.457. The second kappa shape index (κ2) is 14.5. The van der Waals surface area contributed by atoms with E-state index in [1.54, 1.807) is 27.1 Å². The maximum absolute atomic E-state index is 16.5. The van der Waals surface area contributed by atoms with E-state index >= 15 is 4.39 Å². The van der Waals surface area contributed by atoms with E-state index in [0.29, 0.717) is 45.8 Å². The van der Waals surface area contributed by atoms with Gasteiger partial charge in [0.2, 0.25) is 0 Å². The van der Waals surface area contributed by atoms with Gasteiger partial charge in [-0.2, -0.15) is 5.26 Å². The molecule has 1 amide bonds. The summed E-state index contributed by atoms with van der Waals surface area (Å²) >= 11 is 15.0. The topological polar surface area (TPSA) is 106 Å². The first kappa shape index (κ1) is 34.1. The number of pyridine rings is 1. The number of nitrogens with one attached hydrogen (secondary N) is 3. The molecule has 5 aliphatic rings. The predicted molar refractivity (Wildman–Crippen MR) is 199 cm³/mol. The van der Waals surface area contributed by atoms with Gasteiger partial charge in [-0.05, 0) is 96.0 Å². The Morgan fingerprint density at radius 3 is 2.75 bits per heavy atom. The van der Waals surface area contributed by atoms with Crippen LogP contribution in [0.25, 0.3) is 32.9 Å². The number of piperidine rings is 1.